The Bertz CT molecular complexity index is 328. The quantitative estimate of drug-likeness (QED) is 0.549. The van der Waals surface area contributed by atoms with Crippen molar-refractivity contribution in [1.82, 2.24) is 0 Å². The lowest BCUT2D eigenvalue weighted by Gasteiger charge is -2.52. The van der Waals surface area contributed by atoms with Gasteiger partial charge in [-0.15, -0.1) is 0 Å². The van der Waals surface area contributed by atoms with E-state index in [2.05, 4.69) is 83.1 Å². The van der Waals surface area contributed by atoms with Crippen LogP contribution in [0.3, 0.4) is 0 Å². The molecule has 0 radical (unpaired) electrons. The fraction of sp³-hybridized carbons (Fsp3) is 1.00. The fourth-order valence-corrected chi connectivity index (χ4v) is 4.04. The maximum atomic E-state index is 6.90. The van der Waals surface area contributed by atoms with Crippen LogP contribution in [0.25, 0.3) is 0 Å². The van der Waals surface area contributed by atoms with Crippen molar-refractivity contribution in [3.63, 3.8) is 0 Å². The third-order valence-electron chi connectivity index (χ3n) is 7.22. The third-order valence-corrected chi connectivity index (χ3v) is 7.22. The summed E-state index contributed by atoms with van der Waals surface area (Å²) in [7, 11) is 0. The summed E-state index contributed by atoms with van der Waals surface area (Å²) in [5.41, 5.74) is 0.116. The summed E-state index contributed by atoms with van der Waals surface area (Å²) in [4.78, 5) is 0. The van der Waals surface area contributed by atoms with Crippen molar-refractivity contribution in [2.75, 3.05) is 0 Å². The van der Waals surface area contributed by atoms with E-state index >= 15 is 0 Å². The van der Waals surface area contributed by atoms with E-state index < -0.39 is 0 Å². The largest absolute Gasteiger partial charge is 0.367 e. The summed E-state index contributed by atoms with van der Waals surface area (Å²) >= 11 is 0. The summed E-state index contributed by atoms with van der Waals surface area (Å²) in [6, 6.07) is 0. The third kappa shape index (κ3) is 1.76. The number of rotatable bonds is 0. The highest BCUT2D eigenvalue weighted by molar-refractivity contribution is 5.20. The first-order chi connectivity index (χ1) is 7.96. The van der Waals surface area contributed by atoms with Crippen LogP contribution in [0.15, 0.2) is 0 Å². The fourth-order valence-electron chi connectivity index (χ4n) is 4.04. The van der Waals surface area contributed by atoms with Gasteiger partial charge in [0.05, 0.1) is 11.2 Å². The number of ether oxygens (including phenoxy) is 1. The van der Waals surface area contributed by atoms with E-state index in [1.807, 2.05) is 0 Å². The molecule has 0 saturated carbocycles. The standard InChI is InChI=1S/C18H36O/c1-13(2,3)17(11)15(7,8)16(9,10)18(12,19-17)14(4,5)6/h1-12H3. The van der Waals surface area contributed by atoms with Crippen LogP contribution in [0.1, 0.15) is 83.1 Å². The van der Waals surface area contributed by atoms with Gasteiger partial charge in [-0.3, -0.25) is 0 Å². The van der Waals surface area contributed by atoms with E-state index in [0.29, 0.717) is 0 Å². The van der Waals surface area contributed by atoms with Crippen LogP contribution in [0.4, 0.5) is 0 Å². The first-order valence-electron chi connectivity index (χ1n) is 7.66. The molecule has 0 N–H and O–H groups in total. The van der Waals surface area contributed by atoms with E-state index in [1.54, 1.807) is 0 Å². The first-order valence-corrected chi connectivity index (χ1v) is 7.66. The van der Waals surface area contributed by atoms with Crippen molar-refractivity contribution in [2.24, 2.45) is 21.7 Å². The SMILES string of the molecule is CC(C)(C)C1(C)OC(C)(C(C)(C)C)C(C)(C)C1(C)C. The average molecular weight is 268 g/mol. The Morgan fingerprint density at radius 1 is 0.526 bits per heavy atom. The zero-order chi connectivity index (χ0) is 15.7. The molecule has 1 rings (SSSR count). The molecule has 0 spiro atoms. The Kier molecular flexibility index (Phi) is 3.39. The minimum atomic E-state index is -0.147. The van der Waals surface area contributed by atoms with E-state index in [-0.39, 0.29) is 32.9 Å². The van der Waals surface area contributed by atoms with Gasteiger partial charge in [0.1, 0.15) is 0 Å². The molecule has 114 valence electrons. The maximum absolute atomic E-state index is 6.90. The maximum Gasteiger partial charge on any atom is 0.0767 e. The van der Waals surface area contributed by atoms with Crippen LogP contribution in [-0.4, -0.2) is 11.2 Å². The Balaban J connectivity index is 3.58. The Hall–Kier alpha value is -0.0400. The van der Waals surface area contributed by atoms with Crippen molar-refractivity contribution in [2.45, 2.75) is 94.3 Å². The van der Waals surface area contributed by atoms with Gasteiger partial charge in [0.15, 0.2) is 0 Å². The summed E-state index contributed by atoms with van der Waals surface area (Å²) in [6.45, 7) is 28.0. The predicted molar refractivity (Wildman–Crippen MR) is 84.4 cm³/mol. The van der Waals surface area contributed by atoms with E-state index in [4.69, 9.17) is 4.74 Å². The molecule has 2 atom stereocenters. The van der Waals surface area contributed by atoms with Gasteiger partial charge in [-0.1, -0.05) is 69.2 Å². The van der Waals surface area contributed by atoms with Crippen LogP contribution >= 0.6 is 0 Å². The topological polar surface area (TPSA) is 9.23 Å². The Morgan fingerprint density at radius 2 is 0.737 bits per heavy atom. The van der Waals surface area contributed by atoms with E-state index in [1.165, 1.54) is 0 Å². The van der Waals surface area contributed by atoms with Crippen molar-refractivity contribution in [3.05, 3.63) is 0 Å². The molecule has 0 amide bonds. The lowest BCUT2D eigenvalue weighted by Crippen LogP contribution is -2.54. The zero-order valence-corrected chi connectivity index (χ0v) is 15.4. The van der Waals surface area contributed by atoms with Crippen molar-refractivity contribution in [1.29, 1.82) is 0 Å². The van der Waals surface area contributed by atoms with Gasteiger partial charge in [0.2, 0.25) is 0 Å². The molecule has 0 aliphatic carbocycles. The first kappa shape index (κ1) is 17.0. The van der Waals surface area contributed by atoms with Crippen LogP contribution in [0.2, 0.25) is 0 Å². The van der Waals surface area contributed by atoms with E-state index in [9.17, 15) is 0 Å². The minimum Gasteiger partial charge on any atom is -0.367 e. The van der Waals surface area contributed by atoms with Crippen LogP contribution in [-0.2, 0) is 4.74 Å². The molecule has 1 aliphatic heterocycles. The predicted octanol–water partition coefficient (Wildman–Crippen LogP) is 5.68. The monoisotopic (exact) mass is 268 g/mol. The van der Waals surface area contributed by atoms with Crippen LogP contribution in [0.5, 0.6) is 0 Å². The van der Waals surface area contributed by atoms with Crippen molar-refractivity contribution >= 4 is 0 Å². The summed E-state index contributed by atoms with van der Waals surface area (Å²) in [5, 5.41) is 0. The minimum absolute atomic E-state index is 0.0975. The normalized spacial score (nSPS) is 38.5. The van der Waals surface area contributed by atoms with Gasteiger partial charge in [-0.2, -0.15) is 0 Å². The smallest absolute Gasteiger partial charge is 0.0767 e. The van der Waals surface area contributed by atoms with Gasteiger partial charge in [0, 0.05) is 10.8 Å². The van der Waals surface area contributed by atoms with Gasteiger partial charge < -0.3 is 4.74 Å². The van der Waals surface area contributed by atoms with Crippen molar-refractivity contribution < 1.29 is 4.74 Å². The lowest BCUT2D eigenvalue weighted by atomic mass is 9.49. The molecule has 0 aromatic rings. The molecule has 1 heteroatoms. The zero-order valence-electron chi connectivity index (χ0n) is 15.4. The highest BCUT2D eigenvalue weighted by Crippen LogP contribution is 2.70. The molecule has 0 aromatic heterocycles. The van der Waals surface area contributed by atoms with Gasteiger partial charge in [-0.05, 0) is 24.7 Å². The second kappa shape index (κ2) is 3.78. The van der Waals surface area contributed by atoms with Crippen LogP contribution < -0.4 is 0 Å². The summed E-state index contributed by atoms with van der Waals surface area (Å²) < 4.78 is 6.90. The molecular weight excluding hydrogens is 232 g/mol. The molecular formula is C18H36O. The molecule has 1 fully saturated rings. The molecule has 0 aromatic carbocycles. The average Bonchev–Trinajstić information content (AvgIpc) is 2.22. The highest BCUT2D eigenvalue weighted by Gasteiger charge is 2.72. The van der Waals surface area contributed by atoms with Crippen LogP contribution in [0, 0.1) is 21.7 Å². The highest BCUT2D eigenvalue weighted by atomic mass is 16.5. The summed E-state index contributed by atoms with van der Waals surface area (Å²) in [5.74, 6) is 0. The second-order valence-corrected chi connectivity index (χ2v) is 9.92. The molecule has 1 heterocycles. The molecule has 0 bridgehead atoms. The lowest BCUT2D eigenvalue weighted by molar-refractivity contribution is -0.198. The molecule has 1 aliphatic rings. The Morgan fingerprint density at radius 3 is 0.842 bits per heavy atom. The molecule has 1 saturated heterocycles. The Labute approximate surface area is 121 Å². The molecule has 1 nitrogen and oxygen atoms in total. The summed E-state index contributed by atoms with van der Waals surface area (Å²) in [6.07, 6.45) is 0. The van der Waals surface area contributed by atoms with E-state index in [0.717, 1.165) is 0 Å². The number of hydrogen-bond donors (Lipinski definition) is 0. The number of hydrogen-bond acceptors (Lipinski definition) is 1. The molecule has 19 heavy (non-hydrogen) atoms. The van der Waals surface area contributed by atoms with Gasteiger partial charge in [0.25, 0.3) is 0 Å². The molecule has 2 unspecified atom stereocenters. The van der Waals surface area contributed by atoms with Crippen molar-refractivity contribution in [3.8, 4) is 0 Å². The van der Waals surface area contributed by atoms with Gasteiger partial charge in [-0.25, -0.2) is 0 Å². The second-order valence-electron chi connectivity index (χ2n) is 9.92. The van der Waals surface area contributed by atoms with Gasteiger partial charge >= 0.3 is 0 Å².